The standard InChI is InChI=1S/C16H21N3O2S.ClH/c1-12-7-8-15(14-6-4-9-18-16(12)14)22(20,21)19-10-3-2-5-13(19)11-17;/h4,6-9,13H,2-3,5,10-11,17H2,1H3;1H. The lowest BCUT2D eigenvalue weighted by Gasteiger charge is -2.34. The summed E-state index contributed by atoms with van der Waals surface area (Å²) in [6.45, 7) is 2.84. The molecule has 0 spiro atoms. The maximum Gasteiger partial charge on any atom is 0.244 e. The van der Waals surface area contributed by atoms with Crippen molar-refractivity contribution >= 4 is 33.3 Å². The van der Waals surface area contributed by atoms with Crippen molar-refractivity contribution in [2.75, 3.05) is 13.1 Å². The van der Waals surface area contributed by atoms with Gasteiger partial charge in [0.15, 0.2) is 0 Å². The lowest BCUT2D eigenvalue weighted by molar-refractivity contribution is 0.258. The molecule has 1 saturated heterocycles. The fourth-order valence-corrected chi connectivity index (χ4v) is 5.05. The van der Waals surface area contributed by atoms with Crippen LogP contribution in [0.5, 0.6) is 0 Å². The molecule has 23 heavy (non-hydrogen) atoms. The van der Waals surface area contributed by atoms with Crippen LogP contribution in [0.4, 0.5) is 0 Å². The summed E-state index contributed by atoms with van der Waals surface area (Å²) in [5.74, 6) is 0. The lowest BCUT2D eigenvalue weighted by atomic mass is 10.1. The van der Waals surface area contributed by atoms with Crippen molar-refractivity contribution in [1.29, 1.82) is 0 Å². The Kier molecular flexibility index (Phi) is 5.62. The Morgan fingerprint density at radius 2 is 2.09 bits per heavy atom. The zero-order valence-electron chi connectivity index (χ0n) is 13.1. The van der Waals surface area contributed by atoms with Gasteiger partial charge in [-0.15, -0.1) is 12.4 Å². The van der Waals surface area contributed by atoms with E-state index in [0.29, 0.717) is 23.4 Å². The summed E-state index contributed by atoms with van der Waals surface area (Å²) in [4.78, 5) is 4.67. The van der Waals surface area contributed by atoms with Gasteiger partial charge in [0.25, 0.3) is 0 Å². The summed E-state index contributed by atoms with van der Waals surface area (Å²) >= 11 is 0. The molecule has 1 atom stereocenters. The van der Waals surface area contributed by atoms with E-state index < -0.39 is 10.0 Å². The maximum atomic E-state index is 13.1. The van der Waals surface area contributed by atoms with E-state index in [9.17, 15) is 8.42 Å². The highest BCUT2D eigenvalue weighted by molar-refractivity contribution is 7.89. The average molecular weight is 356 g/mol. The summed E-state index contributed by atoms with van der Waals surface area (Å²) in [7, 11) is -3.55. The first-order valence-electron chi connectivity index (χ1n) is 7.62. The third-order valence-corrected chi connectivity index (χ3v) is 6.37. The number of aromatic nitrogens is 1. The SMILES string of the molecule is Cc1ccc(S(=O)(=O)N2CCCCC2CN)c2cccnc12.Cl. The minimum Gasteiger partial charge on any atom is -0.329 e. The number of aryl methyl sites for hydroxylation is 1. The molecule has 0 aliphatic carbocycles. The van der Waals surface area contributed by atoms with Crippen LogP contribution in [0.15, 0.2) is 35.4 Å². The molecule has 1 unspecified atom stereocenters. The summed E-state index contributed by atoms with van der Waals surface area (Å²) < 4.78 is 27.8. The van der Waals surface area contributed by atoms with E-state index in [1.54, 1.807) is 22.6 Å². The van der Waals surface area contributed by atoms with Gasteiger partial charge in [-0.25, -0.2) is 8.42 Å². The van der Waals surface area contributed by atoms with Gasteiger partial charge >= 0.3 is 0 Å². The molecule has 1 fully saturated rings. The normalized spacial score (nSPS) is 19.5. The van der Waals surface area contributed by atoms with E-state index in [-0.39, 0.29) is 18.4 Å². The largest absolute Gasteiger partial charge is 0.329 e. The first-order chi connectivity index (χ1) is 10.6. The molecule has 0 radical (unpaired) electrons. The van der Waals surface area contributed by atoms with Crippen molar-refractivity contribution < 1.29 is 8.42 Å². The van der Waals surface area contributed by atoms with Crippen molar-refractivity contribution in [3.05, 3.63) is 36.0 Å². The Morgan fingerprint density at radius 1 is 1.30 bits per heavy atom. The second kappa shape index (κ2) is 7.13. The number of benzene rings is 1. The number of nitrogens with two attached hydrogens (primary N) is 1. The number of rotatable bonds is 3. The fourth-order valence-electron chi connectivity index (χ4n) is 3.17. The second-order valence-corrected chi connectivity index (χ2v) is 7.64. The molecule has 7 heteroatoms. The van der Waals surface area contributed by atoms with E-state index in [2.05, 4.69) is 4.98 Å². The molecule has 3 rings (SSSR count). The van der Waals surface area contributed by atoms with Gasteiger partial charge in [-0.3, -0.25) is 4.98 Å². The highest BCUT2D eigenvalue weighted by atomic mass is 35.5. The Balaban J connectivity index is 0.00000192. The summed E-state index contributed by atoms with van der Waals surface area (Å²) in [6.07, 6.45) is 4.44. The average Bonchev–Trinajstić information content (AvgIpc) is 2.55. The van der Waals surface area contributed by atoms with Crippen LogP contribution in [-0.2, 0) is 10.0 Å². The van der Waals surface area contributed by atoms with E-state index >= 15 is 0 Å². The minimum atomic E-state index is -3.55. The number of hydrogen-bond acceptors (Lipinski definition) is 4. The van der Waals surface area contributed by atoms with Crippen molar-refractivity contribution in [2.45, 2.75) is 37.1 Å². The van der Waals surface area contributed by atoms with Crippen LogP contribution in [0.25, 0.3) is 10.9 Å². The molecule has 0 amide bonds. The van der Waals surface area contributed by atoms with Gasteiger partial charge in [-0.2, -0.15) is 4.31 Å². The van der Waals surface area contributed by atoms with Crippen LogP contribution in [0, 0.1) is 6.92 Å². The molecule has 126 valence electrons. The maximum absolute atomic E-state index is 13.1. The molecule has 0 bridgehead atoms. The van der Waals surface area contributed by atoms with E-state index in [1.807, 2.05) is 19.1 Å². The van der Waals surface area contributed by atoms with Gasteiger partial charge in [-0.1, -0.05) is 12.5 Å². The van der Waals surface area contributed by atoms with E-state index in [1.165, 1.54) is 0 Å². The van der Waals surface area contributed by atoms with Gasteiger partial charge in [0, 0.05) is 30.7 Å². The van der Waals surface area contributed by atoms with Crippen LogP contribution < -0.4 is 5.73 Å². The number of halogens is 1. The first-order valence-corrected chi connectivity index (χ1v) is 9.06. The van der Waals surface area contributed by atoms with Crippen LogP contribution in [0.2, 0.25) is 0 Å². The number of sulfonamides is 1. The predicted molar refractivity (Wildman–Crippen MR) is 94.3 cm³/mol. The summed E-state index contributed by atoms with van der Waals surface area (Å²) in [6, 6.07) is 7.01. The Morgan fingerprint density at radius 3 is 2.83 bits per heavy atom. The third kappa shape index (κ3) is 3.21. The quantitative estimate of drug-likeness (QED) is 0.917. The molecule has 5 nitrogen and oxygen atoms in total. The highest BCUT2D eigenvalue weighted by Gasteiger charge is 2.33. The number of pyridine rings is 1. The predicted octanol–water partition coefficient (Wildman–Crippen LogP) is 2.47. The zero-order valence-corrected chi connectivity index (χ0v) is 14.7. The van der Waals surface area contributed by atoms with E-state index in [0.717, 1.165) is 30.3 Å². The summed E-state index contributed by atoms with van der Waals surface area (Å²) in [5.41, 5.74) is 7.50. The molecule has 1 aliphatic heterocycles. The van der Waals surface area contributed by atoms with Crippen molar-refractivity contribution in [3.8, 4) is 0 Å². The van der Waals surface area contributed by atoms with Gasteiger partial charge in [0.2, 0.25) is 10.0 Å². The van der Waals surface area contributed by atoms with Crippen LogP contribution in [-0.4, -0.2) is 36.8 Å². The van der Waals surface area contributed by atoms with Gasteiger partial charge in [0.1, 0.15) is 0 Å². The molecule has 0 saturated carbocycles. The Labute approximate surface area is 143 Å². The van der Waals surface area contributed by atoms with Crippen LogP contribution >= 0.6 is 12.4 Å². The summed E-state index contributed by atoms with van der Waals surface area (Å²) in [5, 5.41) is 0.684. The molecule has 1 aromatic carbocycles. The van der Waals surface area contributed by atoms with Gasteiger partial charge < -0.3 is 5.73 Å². The molecule has 2 heterocycles. The topological polar surface area (TPSA) is 76.3 Å². The Hall–Kier alpha value is -1.21. The monoisotopic (exact) mass is 355 g/mol. The molecule has 1 aromatic heterocycles. The number of nitrogens with zero attached hydrogens (tertiary/aromatic N) is 2. The third-order valence-electron chi connectivity index (χ3n) is 4.36. The Bertz CT molecular complexity index is 795. The van der Waals surface area contributed by atoms with Gasteiger partial charge in [0.05, 0.1) is 10.4 Å². The molecule has 2 N–H and O–H groups in total. The molecular formula is C16H22ClN3O2S. The highest BCUT2D eigenvalue weighted by Crippen LogP contribution is 2.30. The minimum absolute atomic E-state index is 0. The molecular weight excluding hydrogens is 334 g/mol. The smallest absolute Gasteiger partial charge is 0.244 e. The second-order valence-electron chi connectivity index (χ2n) is 5.78. The number of hydrogen-bond donors (Lipinski definition) is 1. The number of piperidine rings is 1. The molecule has 1 aliphatic rings. The van der Waals surface area contributed by atoms with Crippen molar-refractivity contribution in [2.24, 2.45) is 5.73 Å². The number of fused-ring (bicyclic) bond motifs is 1. The van der Waals surface area contributed by atoms with Gasteiger partial charge in [-0.05, 0) is 43.5 Å². The van der Waals surface area contributed by atoms with Crippen molar-refractivity contribution in [1.82, 2.24) is 9.29 Å². The van der Waals surface area contributed by atoms with Crippen molar-refractivity contribution in [3.63, 3.8) is 0 Å². The van der Waals surface area contributed by atoms with E-state index in [4.69, 9.17) is 5.73 Å². The fraction of sp³-hybridized carbons (Fsp3) is 0.438. The lowest BCUT2D eigenvalue weighted by Crippen LogP contribution is -2.47. The van der Waals surface area contributed by atoms with Crippen LogP contribution in [0.3, 0.4) is 0 Å². The first kappa shape index (κ1) is 18.1. The van der Waals surface area contributed by atoms with Crippen LogP contribution in [0.1, 0.15) is 24.8 Å². The zero-order chi connectivity index (χ0) is 15.7. The molecule has 2 aromatic rings.